The molecule has 0 amide bonds. The standard InChI is InChI=1S/C13H25N/c1-3-13(2)14-11-9-7-5-4-6-8-10-12-14/h4-5,13H,3,6-12H2,1-2H3/b5-4-/t13-/m1/s1. The molecule has 0 aliphatic carbocycles. The van der Waals surface area contributed by atoms with Crippen molar-refractivity contribution >= 4 is 0 Å². The lowest BCUT2D eigenvalue weighted by Gasteiger charge is -2.28. The molecule has 0 spiro atoms. The van der Waals surface area contributed by atoms with Gasteiger partial charge in [0.25, 0.3) is 0 Å². The van der Waals surface area contributed by atoms with Crippen molar-refractivity contribution in [2.24, 2.45) is 0 Å². The average molecular weight is 195 g/mol. The SMILES string of the molecule is CC[C@@H](C)N1CCC/C=C\CCCC1. The highest BCUT2D eigenvalue weighted by molar-refractivity contribution is 4.83. The van der Waals surface area contributed by atoms with Crippen LogP contribution in [0, 0.1) is 0 Å². The molecule has 82 valence electrons. The molecule has 0 radical (unpaired) electrons. The maximum atomic E-state index is 2.67. The van der Waals surface area contributed by atoms with Crippen molar-refractivity contribution in [1.29, 1.82) is 0 Å². The van der Waals surface area contributed by atoms with Crippen LogP contribution in [0.3, 0.4) is 0 Å². The molecular formula is C13H25N. The van der Waals surface area contributed by atoms with E-state index in [1.54, 1.807) is 0 Å². The van der Waals surface area contributed by atoms with Crippen LogP contribution in [0.25, 0.3) is 0 Å². The highest BCUT2D eigenvalue weighted by Crippen LogP contribution is 2.10. The molecule has 1 rings (SSSR count). The van der Waals surface area contributed by atoms with E-state index >= 15 is 0 Å². The Hall–Kier alpha value is -0.300. The number of allylic oxidation sites excluding steroid dienone is 2. The molecule has 14 heavy (non-hydrogen) atoms. The third kappa shape index (κ3) is 4.28. The highest BCUT2D eigenvalue weighted by Gasteiger charge is 2.10. The molecule has 0 unspecified atom stereocenters. The molecule has 1 aliphatic heterocycles. The van der Waals surface area contributed by atoms with E-state index in [2.05, 4.69) is 30.9 Å². The topological polar surface area (TPSA) is 3.24 Å². The Labute approximate surface area is 89.2 Å². The van der Waals surface area contributed by atoms with Gasteiger partial charge in [-0.3, -0.25) is 0 Å². The van der Waals surface area contributed by atoms with Gasteiger partial charge in [0, 0.05) is 6.04 Å². The van der Waals surface area contributed by atoms with Crippen LogP contribution < -0.4 is 0 Å². The van der Waals surface area contributed by atoms with Gasteiger partial charge < -0.3 is 4.90 Å². The summed E-state index contributed by atoms with van der Waals surface area (Å²) in [4.78, 5) is 2.67. The lowest BCUT2D eigenvalue weighted by molar-refractivity contribution is 0.198. The van der Waals surface area contributed by atoms with Gasteiger partial charge in [-0.15, -0.1) is 0 Å². The van der Waals surface area contributed by atoms with Gasteiger partial charge in [0.05, 0.1) is 0 Å². The van der Waals surface area contributed by atoms with Gasteiger partial charge in [-0.2, -0.15) is 0 Å². The van der Waals surface area contributed by atoms with Gasteiger partial charge in [-0.1, -0.05) is 19.1 Å². The first-order valence-corrected chi connectivity index (χ1v) is 6.23. The summed E-state index contributed by atoms with van der Waals surface area (Å²) in [5.41, 5.74) is 0. The van der Waals surface area contributed by atoms with Crippen molar-refractivity contribution < 1.29 is 0 Å². The summed E-state index contributed by atoms with van der Waals surface area (Å²) >= 11 is 0. The minimum absolute atomic E-state index is 0.776. The van der Waals surface area contributed by atoms with E-state index in [0.717, 1.165) is 6.04 Å². The molecule has 0 bridgehead atoms. The highest BCUT2D eigenvalue weighted by atomic mass is 15.1. The number of rotatable bonds is 2. The first-order valence-electron chi connectivity index (χ1n) is 6.23. The second-order valence-electron chi connectivity index (χ2n) is 4.40. The molecular weight excluding hydrogens is 170 g/mol. The van der Waals surface area contributed by atoms with Gasteiger partial charge in [0.2, 0.25) is 0 Å². The van der Waals surface area contributed by atoms with Crippen LogP contribution in [0.1, 0.15) is 52.4 Å². The minimum atomic E-state index is 0.776. The number of nitrogens with zero attached hydrogens (tertiary/aromatic N) is 1. The van der Waals surface area contributed by atoms with Gasteiger partial charge in [-0.05, 0) is 58.5 Å². The second-order valence-corrected chi connectivity index (χ2v) is 4.40. The van der Waals surface area contributed by atoms with Crippen LogP contribution in [0.5, 0.6) is 0 Å². The smallest absolute Gasteiger partial charge is 0.00643 e. The van der Waals surface area contributed by atoms with E-state index in [-0.39, 0.29) is 0 Å². The predicted octanol–water partition coefficient (Wildman–Crippen LogP) is 3.61. The molecule has 0 N–H and O–H groups in total. The van der Waals surface area contributed by atoms with Gasteiger partial charge in [-0.25, -0.2) is 0 Å². The summed E-state index contributed by atoms with van der Waals surface area (Å²) < 4.78 is 0. The summed E-state index contributed by atoms with van der Waals surface area (Å²) in [6.45, 7) is 7.26. The van der Waals surface area contributed by atoms with Crippen molar-refractivity contribution in [1.82, 2.24) is 4.90 Å². The fraction of sp³-hybridized carbons (Fsp3) is 0.846. The molecule has 1 heteroatoms. The minimum Gasteiger partial charge on any atom is -0.301 e. The Morgan fingerprint density at radius 1 is 1.07 bits per heavy atom. The van der Waals surface area contributed by atoms with Crippen molar-refractivity contribution in [3.8, 4) is 0 Å². The average Bonchev–Trinajstić information content (AvgIpc) is 2.24. The van der Waals surface area contributed by atoms with E-state index in [0.29, 0.717) is 0 Å². The summed E-state index contributed by atoms with van der Waals surface area (Å²) in [5.74, 6) is 0. The van der Waals surface area contributed by atoms with Gasteiger partial charge in [0.1, 0.15) is 0 Å². The summed E-state index contributed by atoms with van der Waals surface area (Å²) in [7, 11) is 0. The quantitative estimate of drug-likeness (QED) is 0.608. The van der Waals surface area contributed by atoms with E-state index in [9.17, 15) is 0 Å². The van der Waals surface area contributed by atoms with Crippen LogP contribution in [-0.4, -0.2) is 24.0 Å². The van der Waals surface area contributed by atoms with Crippen LogP contribution in [0.2, 0.25) is 0 Å². The van der Waals surface area contributed by atoms with Crippen molar-refractivity contribution in [3.05, 3.63) is 12.2 Å². The fourth-order valence-electron chi connectivity index (χ4n) is 2.04. The molecule has 0 aromatic rings. The molecule has 1 atom stereocenters. The Kier molecular flexibility index (Phi) is 5.93. The first-order chi connectivity index (χ1) is 6.84. The Morgan fingerprint density at radius 3 is 2.43 bits per heavy atom. The molecule has 0 fully saturated rings. The fourth-order valence-corrected chi connectivity index (χ4v) is 2.04. The zero-order chi connectivity index (χ0) is 10.2. The molecule has 0 saturated carbocycles. The molecule has 1 nitrogen and oxygen atoms in total. The Morgan fingerprint density at radius 2 is 1.71 bits per heavy atom. The third-order valence-electron chi connectivity index (χ3n) is 3.26. The molecule has 0 aromatic carbocycles. The molecule has 0 aromatic heterocycles. The normalized spacial score (nSPS) is 25.6. The van der Waals surface area contributed by atoms with Crippen molar-refractivity contribution in [2.45, 2.75) is 58.4 Å². The number of hydrogen-bond acceptors (Lipinski definition) is 1. The molecule has 0 saturated heterocycles. The van der Waals surface area contributed by atoms with Crippen LogP contribution in [0.4, 0.5) is 0 Å². The monoisotopic (exact) mass is 195 g/mol. The van der Waals surface area contributed by atoms with Crippen LogP contribution in [-0.2, 0) is 0 Å². The van der Waals surface area contributed by atoms with Gasteiger partial charge in [0.15, 0.2) is 0 Å². The maximum Gasteiger partial charge on any atom is 0.00643 e. The van der Waals surface area contributed by atoms with Crippen molar-refractivity contribution in [3.63, 3.8) is 0 Å². The third-order valence-corrected chi connectivity index (χ3v) is 3.26. The zero-order valence-electron chi connectivity index (χ0n) is 9.84. The zero-order valence-corrected chi connectivity index (χ0v) is 9.84. The van der Waals surface area contributed by atoms with Crippen LogP contribution in [0.15, 0.2) is 12.2 Å². The maximum absolute atomic E-state index is 2.67. The van der Waals surface area contributed by atoms with E-state index in [1.165, 1.54) is 51.6 Å². The summed E-state index contributed by atoms with van der Waals surface area (Å²) in [6, 6.07) is 0.776. The van der Waals surface area contributed by atoms with Crippen LogP contribution >= 0.6 is 0 Å². The Bertz CT molecular complexity index is 163. The second kappa shape index (κ2) is 7.05. The largest absolute Gasteiger partial charge is 0.301 e. The van der Waals surface area contributed by atoms with Crippen molar-refractivity contribution in [2.75, 3.05) is 13.1 Å². The predicted molar refractivity (Wildman–Crippen MR) is 63.6 cm³/mol. The lowest BCUT2D eigenvalue weighted by Crippen LogP contribution is -2.34. The van der Waals surface area contributed by atoms with E-state index in [1.807, 2.05) is 0 Å². The lowest BCUT2D eigenvalue weighted by atomic mass is 10.1. The van der Waals surface area contributed by atoms with Gasteiger partial charge >= 0.3 is 0 Å². The summed E-state index contributed by atoms with van der Waals surface area (Å²) in [6.07, 6.45) is 12.6. The molecule has 1 heterocycles. The summed E-state index contributed by atoms with van der Waals surface area (Å²) in [5, 5.41) is 0. The Balaban J connectivity index is 2.37. The van der Waals surface area contributed by atoms with E-state index < -0.39 is 0 Å². The number of hydrogen-bond donors (Lipinski definition) is 0. The van der Waals surface area contributed by atoms with E-state index in [4.69, 9.17) is 0 Å². The first kappa shape index (κ1) is 11.8. The molecule has 1 aliphatic rings.